The fourth-order valence-corrected chi connectivity index (χ4v) is 7.33. The van der Waals surface area contributed by atoms with Gasteiger partial charge in [0.15, 0.2) is 0 Å². The van der Waals surface area contributed by atoms with Crippen molar-refractivity contribution in [2.45, 2.75) is 90.1 Å². The lowest BCUT2D eigenvalue weighted by Gasteiger charge is -2.51. The van der Waals surface area contributed by atoms with Crippen molar-refractivity contribution in [3.05, 3.63) is 34.9 Å². The van der Waals surface area contributed by atoms with E-state index in [1.807, 2.05) is 0 Å². The maximum absolute atomic E-state index is 13.9. The first-order valence-electron chi connectivity index (χ1n) is 12.3. The monoisotopic (exact) mass is 442 g/mol. The molecule has 6 atom stereocenters. The lowest BCUT2D eigenvalue weighted by molar-refractivity contribution is -0.142. The van der Waals surface area contributed by atoms with Gasteiger partial charge in [-0.2, -0.15) is 13.2 Å². The van der Waals surface area contributed by atoms with Gasteiger partial charge in [0.05, 0.1) is 0 Å². The molecular formula is C26H35F5. The van der Waals surface area contributed by atoms with Crippen molar-refractivity contribution in [1.82, 2.24) is 0 Å². The van der Waals surface area contributed by atoms with Gasteiger partial charge in [0.1, 0.15) is 17.2 Å². The standard InChI is InChI=1S/C26H35F5/c1-2-3-16-6-10-21-19(12-16)8-9-20-13-17(7-11-22(20)21)4-5-18-14-23(27)25(24(28)15-18)26(29,30)31/h14-17,19-22H,2-13H2,1H3/t16-,17?,19-,20+,21+,22+/m1/s1. The smallest absolute Gasteiger partial charge is 0.206 e. The molecule has 0 bridgehead atoms. The van der Waals surface area contributed by atoms with E-state index in [2.05, 4.69) is 6.92 Å². The fraction of sp³-hybridized carbons (Fsp3) is 0.769. The van der Waals surface area contributed by atoms with Crippen LogP contribution in [-0.2, 0) is 12.6 Å². The van der Waals surface area contributed by atoms with E-state index in [1.165, 1.54) is 57.8 Å². The van der Waals surface area contributed by atoms with Crippen LogP contribution in [0.25, 0.3) is 0 Å². The Hall–Kier alpha value is -1.13. The average Bonchev–Trinajstić information content (AvgIpc) is 2.70. The summed E-state index contributed by atoms with van der Waals surface area (Å²) in [5.74, 6) is 1.88. The molecule has 174 valence electrons. The fourth-order valence-electron chi connectivity index (χ4n) is 7.33. The van der Waals surface area contributed by atoms with E-state index in [9.17, 15) is 22.0 Å². The zero-order valence-electron chi connectivity index (χ0n) is 18.5. The molecule has 1 aromatic rings. The Bertz CT molecular complexity index is 732. The minimum atomic E-state index is -5.00. The van der Waals surface area contributed by atoms with Crippen molar-refractivity contribution in [2.75, 3.05) is 0 Å². The van der Waals surface area contributed by atoms with E-state index in [4.69, 9.17) is 0 Å². The summed E-state index contributed by atoms with van der Waals surface area (Å²) in [7, 11) is 0. The highest BCUT2D eigenvalue weighted by atomic mass is 19.4. The van der Waals surface area contributed by atoms with Gasteiger partial charge < -0.3 is 0 Å². The Balaban J connectivity index is 1.32. The van der Waals surface area contributed by atoms with Crippen molar-refractivity contribution >= 4 is 0 Å². The second-order valence-electron chi connectivity index (χ2n) is 10.5. The van der Waals surface area contributed by atoms with Crippen LogP contribution in [0.2, 0.25) is 0 Å². The van der Waals surface area contributed by atoms with Crippen molar-refractivity contribution in [1.29, 1.82) is 0 Å². The predicted octanol–water partition coefficient (Wildman–Crippen LogP) is 8.58. The van der Waals surface area contributed by atoms with Crippen molar-refractivity contribution in [3.8, 4) is 0 Å². The van der Waals surface area contributed by atoms with Crippen LogP contribution in [0.5, 0.6) is 0 Å². The Labute approximate surface area is 183 Å². The van der Waals surface area contributed by atoms with Crippen LogP contribution in [0.1, 0.15) is 88.7 Å². The SMILES string of the molecule is CCC[C@@H]1CC[C@H]2[C@H](CC[C@H]3CC(CCc4cc(F)c(C(F)(F)F)c(F)c4)CC[C@@H]32)C1. The molecule has 0 saturated heterocycles. The molecule has 0 N–H and O–H groups in total. The summed E-state index contributed by atoms with van der Waals surface area (Å²) in [6.45, 7) is 2.29. The van der Waals surface area contributed by atoms with Crippen LogP contribution in [0, 0.1) is 47.1 Å². The van der Waals surface area contributed by atoms with Gasteiger partial charge in [-0.25, -0.2) is 8.78 Å². The van der Waals surface area contributed by atoms with Gasteiger partial charge in [-0.1, -0.05) is 32.6 Å². The van der Waals surface area contributed by atoms with Crippen LogP contribution >= 0.6 is 0 Å². The molecule has 0 aliphatic heterocycles. The van der Waals surface area contributed by atoms with Crippen LogP contribution in [-0.4, -0.2) is 0 Å². The molecule has 1 unspecified atom stereocenters. The van der Waals surface area contributed by atoms with Gasteiger partial charge in [-0.15, -0.1) is 0 Å². The summed E-state index contributed by atoms with van der Waals surface area (Å²) < 4.78 is 66.1. The molecule has 0 heterocycles. The first kappa shape index (κ1) is 23.0. The lowest BCUT2D eigenvalue weighted by atomic mass is 9.55. The highest BCUT2D eigenvalue weighted by Gasteiger charge is 2.44. The summed E-state index contributed by atoms with van der Waals surface area (Å²) in [5.41, 5.74) is -1.44. The number of aryl methyl sites for hydroxylation is 1. The van der Waals surface area contributed by atoms with Crippen LogP contribution < -0.4 is 0 Å². The third-order valence-corrected chi connectivity index (χ3v) is 8.68. The second-order valence-corrected chi connectivity index (χ2v) is 10.5. The van der Waals surface area contributed by atoms with E-state index >= 15 is 0 Å². The van der Waals surface area contributed by atoms with E-state index in [0.29, 0.717) is 17.9 Å². The second kappa shape index (κ2) is 9.39. The number of hydrogen-bond donors (Lipinski definition) is 0. The zero-order valence-corrected chi connectivity index (χ0v) is 18.5. The van der Waals surface area contributed by atoms with Crippen LogP contribution in [0.15, 0.2) is 12.1 Å². The Kier molecular flexibility index (Phi) is 6.98. The zero-order chi connectivity index (χ0) is 22.2. The molecule has 3 fully saturated rings. The first-order valence-corrected chi connectivity index (χ1v) is 12.3. The molecule has 5 heteroatoms. The molecule has 0 spiro atoms. The number of rotatable bonds is 5. The molecule has 0 amide bonds. The highest BCUT2D eigenvalue weighted by Crippen LogP contribution is 2.54. The third kappa shape index (κ3) is 5.11. The third-order valence-electron chi connectivity index (χ3n) is 8.68. The van der Waals surface area contributed by atoms with E-state index in [-0.39, 0.29) is 0 Å². The molecule has 0 radical (unpaired) electrons. The molecule has 0 aromatic heterocycles. The summed E-state index contributed by atoms with van der Waals surface area (Å²) in [6, 6.07) is 1.75. The largest absolute Gasteiger partial charge is 0.422 e. The number of benzene rings is 1. The number of halogens is 5. The van der Waals surface area contributed by atoms with E-state index < -0.39 is 23.4 Å². The van der Waals surface area contributed by atoms with Gasteiger partial charge >= 0.3 is 6.18 Å². The summed E-state index contributed by atoms with van der Waals surface area (Å²) in [5, 5.41) is 0. The molecular weight excluding hydrogens is 407 g/mol. The quantitative estimate of drug-likeness (QED) is 0.401. The van der Waals surface area contributed by atoms with Gasteiger partial charge in [0.25, 0.3) is 0 Å². The van der Waals surface area contributed by atoms with Gasteiger partial charge in [-0.3, -0.25) is 0 Å². The Morgan fingerprint density at radius 3 is 1.77 bits per heavy atom. The van der Waals surface area contributed by atoms with Gasteiger partial charge in [-0.05, 0) is 105 Å². The predicted molar refractivity (Wildman–Crippen MR) is 112 cm³/mol. The molecule has 31 heavy (non-hydrogen) atoms. The van der Waals surface area contributed by atoms with Crippen LogP contribution in [0.3, 0.4) is 0 Å². The minimum Gasteiger partial charge on any atom is -0.206 e. The number of alkyl halides is 3. The number of hydrogen-bond acceptors (Lipinski definition) is 0. The molecule has 3 aliphatic rings. The number of fused-ring (bicyclic) bond motifs is 3. The van der Waals surface area contributed by atoms with Crippen LogP contribution in [0.4, 0.5) is 22.0 Å². The van der Waals surface area contributed by atoms with E-state index in [0.717, 1.165) is 54.6 Å². The topological polar surface area (TPSA) is 0 Å². The normalized spacial score (nSPS) is 33.6. The maximum Gasteiger partial charge on any atom is 0.422 e. The Morgan fingerprint density at radius 2 is 1.29 bits per heavy atom. The first-order chi connectivity index (χ1) is 14.8. The van der Waals surface area contributed by atoms with Crippen molar-refractivity contribution < 1.29 is 22.0 Å². The van der Waals surface area contributed by atoms with Crippen molar-refractivity contribution in [2.24, 2.45) is 35.5 Å². The minimum absolute atomic E-state index is 0.336. The van der Waals surface area contributed by atoms with Crippen molar-refractivity contribution in [3.63, 3.8) is 0 Å². The summed E-state index contributed by atoms with van der Waals surface area (Å²) in [6.07, 6.45) is 9.38. The maximum atomic E-state index is 13.9. The van der Waals surface area contributed by atoms with E-state index in [1.54, 1.807) is 0 Å². The molecule has 1 aromatic carbocycles. The lowest BCUT2D eigenvalue weighted by Crippen LogP contribution is -2.41. The summed E-state index contributed by atoms with van der Waals surface area (Å²) >= 11 is 0. The average molecular weight is 443 g/mol. The molecule has 4 rings (SSSR count). The molecule has 0 nitrogen and oxygen atoms in total. The van der Waals surface area contributed by atoms with Gasteiger partial charge in [0, 0.05) is 0 Å². The Morgan fingerprint density at radius 1 is 0.774 bits per heavy atom. The molecule has 3 saturated carbocycles. The highest BCUT2D eigenvalue weighted by molar-refractivity contribution is 5.28. The van der Waals surface area contributed by atoms with Gasteiger partial charge in [0.2, 0.25) is 0 Å². The molecule has 3 aliphatic carbocycles. The summed E-state index contributed by atoms with van der Waals surface area (Å²) in [4.78, 5) is 0.